The lowest BCUT2D eigenvalue weighted by Crippen LogP contribution is -2.06. The van der Waals surface area contributed by atoms with Crippen LogP contribution in [0.3, 0.4) is 0 Å². The lowest BCUT2D eigenvalue weighted by molar-refractivity contribution is 0.122. The van der Waals surface area contributed by atoms with Crippen LogP contribution in [0.1, 0.15) is 25.6 Å². The van der Waals surface area contributed by atoms with Gasteiger partial charge in [-0.1, -0.05) is 13.8 Å². The summed E-state index contributed by atoms with van der Waals surface area (Å²) >= 11 is 4.11. The van der Waals surface area contributed by atoms with E-state index >= 15 is 0 Å². The molecule has 0 aliphatic heterocycles. The van der Waals surface area contributed by atoms with Gasteiger partial charge < -0.3 is 5.11 Å². The summed E-state index contributed by atoms with van der Waals surface area (Å²) in [6.07, 6.45) is 1.17. The van der Waals surface area contributed by atoms with E-state index in [0.717, 1.165) is 4.90 Å². The summed E-state index contributed by atoms with van der Waals surface area (Å²) in [4.78, 5) is 4.89. The third kappa shape index (κ3) is 2.22. The molecule has 0 saturated heterocycles. The summed E-state index contributed by atoms with van der Waals surface area (Å²) in [5, 5.41) is 9.60. The second-order valence-corrected chi connectivity index (χ2v) is 3.65. The first-order valence-corrected chi connectivity index (χ1v) is 4.39. The number of rotatable bonds is 2. The van der Waals surface area contributed by atoms with Gasteiger partial charge in [0, 0.05) is 11.1 Å². The number of hydrogen-bond acceptors (Lipinski definition) is 3. The van der Waals surface area contributed by atoms with Crippen molar-refractivity contribution in [1.82, 2.24) is 4.98 Å². The van der Waals surface area contributed by atoms with Gasteiger partial charge in [-0.3, -0.25) is 4.98 Å². The first-order valence-electron chi connectivity index (χ1n) is 3.94. The molecular formula is C9H13NOS. The summed E-state index contributed by atoms with van der Waals surface area (Å²) in [6.45, 7) is 3.92. The monoisotopic (exact) mass is 183 g/mol. The average molecular weight is 183 g/mol. The van der Waals surface area contributed by atoms with Crippen LogP contribution in [-0.2, 0) is 0 Å². The van der Waals surface area contributed by atoms with Crippen LogP contribution in [0.5, 0.6) is 0 Å². The Hall–Kier alpha value is -0.540. The quantitative estimate of drug-likeness (QED) is 0.688. The third-order valence-corrected chi connectivity index (χ3v) is 1.97. The van der Waals surface area contributed by atoms with Crippen LogP contribution in [0, 0.1) is 5.92 Å². The molecule has 1 aromatic rings. The Balaban J connectivity index is 2.82. The summed E-state index contributed by atoms with van der Waals surface area (Å²) in [5.41, 5.74) is 0.711. The van der Waals surface area contributed by atoms with Crippen LogP contribution in [-0.4, -0.2) is 10.1 Å². The topological polar surface area (TPSA) is 33.1 Å². The molecule has 1 heterocycles. The van der Waals surface area contributed by atoms with E-state index in [0.29, 0.717) is 5.69 Å². The number of hydrogen-bond donors (Lipinski definition) is 2. The van der Waals surface area contributed by atoms with Gasteiger partial charge in [0.05, 0.1) is 11.8 Å². The molecule has 1 rings (SSSR count). The summed E-state index contributed by atoms with van der Waals surface area (Å²) in [7, 11) is 0. The molecule has 66 valence electrons. The van der Waals surface area contributed by atoms with Crippen molar-refractivity contribution in [3.8, 4) is 0 Å². The molecule has 0 fully saturated rings. The van der Waals surface area contributed by atoms with Gasteiger partial charge in [0.15, 0.2) is 0 Å². The zero-order chi connectivity index (χ0) is 9.14. The Morgan fingerprint density at radius 3 is 2.50 bits per heavy atom. The van der Waals surface area contributed by atoms with Crippen molar-refractivity contribution in [1.29, 1.82) is 0 Å². The molecule has 1 aromatic heterocycles. The molecule has 1 unspecified atom stereocenters. The minimum Gasteiger partial charge on any atom is -0.387 e. The average Bonchev–Trinajstić information content (AvgIpc) is 2.04. The lowest BCUT2D eigenvalue weighted by atomic mass is 10.0. The SMILES string of the molecule is CC(C)C(O)c1ccc(S)cn1. The van der Waals surface area contributed by atoms with E-state index in [9.17, 15) is 5.11 Å². The van der Waals surface area contributed by atoms with E-state index in [-0.39, 0.29) is 5.92 Å². The van der Waals surface area contributed by atoms with Gasteiger partial charge >= 0.3 is 0 Å². The largest absolute Gasteiger partial charge is 0.387 e. The predicted molar refractivity (Wildman–Crippen MR) is 51.3 cm³/mol. The standard InChI is InChI=1S/C9H13NOS/c1-6(2)9(11)8-4-3-7(12)5-10-8/h3-6,9,11-12H,1-2H3. The third-order valence-electron chi connectivity index (χ3n) is 1.71. The molecule has 12 heavy (non-hydrogen) atoms. The van der Waals surface area contributed by atoms with Crippen molar-refractivity contribution in [2.45, 2.75) is 24.8 Å². The van der Waals surface area contributed by atoms with Gasteiger partial charge in [-0.15, -0.1) is 12.6 Å². The van der Waals surface area contributed by atoms with E-state index in [1.807, 2.05) is 19.9 Å². The summed E-state index contributed by atoms with van der Waals surface area (Å²) in [6, 6.07) is 3.63. The van der Waals surface area contributed by atoms with E-state index < -0.39 is 6.10 Å². The minimum absolute atomic E-state index is 0.197. The Labute approximate surface area is 78.1 Å². The van der Waals surface area contributed by atoms with E-state index in [2.05, 4.69) is 17.6 Å². The van der Waals surface area contributed by atoms with Gasteiger partial charge in [-0.2, -0.15) is 0 Å². The molecule has 0 aromatic carbocycles. The van der Waals surface area contributed by atoms with Crippen molar-refractivity contribution in [3.63, 3.8) is 0 Å². The highest BCUT2D eigenvalue weighted by Gasteiger charge is 2.12. The highest BCUT2D eigenvalue weighted by atomic mass is 32.1. The van der Waals surface area contributed by atoms with Crippen LogP contribution in [0.2, 0.25) is 0 Å². The van der Waals surface area contributed by atoms with Gasteiger partial charge in [0.2, 0.25) is 0 Å². The smallest absolute Gasteiger partial charge is 0.0982 e. The molecule has 1 atom stereocenters. The van der Waals surface area contributed by atoms with Crippen LogP contribution < -0.4 is 0 Å². The van der Waals surface area contributed by atoms with Crippen molar-refractivity contribution in [2.75, 3.05) is 0 Å². The number of pyridine rings is 1. The minimum atomic E-state index is -0.473. The maximum absolute atomic E-state index is 9.60. The van der Waals surface area contributed by atoms with Gasteiger partial charge in [0.25, 0.3) is 0 Å². The van der Waals surface area contributed by atoms with Gasteiger partial charge in [-0.05, 0) is 18.1 Å². The number of thiol groups is 1. The molecule has 3 heteroatoms. The first kappa shape index (κ1) is 9.55. The number of aliphatic hydroxyl groups is 1. The molecule has 0 radical (unpaired) electrons. The summed E-state index contributed by atoms with van der Waals surface area (Å²) in [5.74, 6) is 0.197. The molecule has 0 bridgehead atoms. The van der Waals surface area contributed by atoms with Crippen molar-refractivity contribution in [3.05, 3.63) is 24.0 Å². The number of aromatic nitrogens is 1. The van der Waals surface area contributed by atoms with E-state index in [4.69, 9.17) is 0 Å². The van der Waals surface area contributed by atoms with Crippen molar-refractivity contribution in [2.24, 2.45) is 5.92 Å². The fraction of sp³-hybridized carbons (Fsp3) is 0.444. The molecule has 0 aliphatic carbocycles. The van der Waals surface area contributed by atoms with Crippen molar-refractivity contribution >= 4 is 12.6 Å². The molecule has 0 saturated carbocycles. The Kier molecular flexibility index (Phi) is 3.12. The van der Waals surface area contributed by atoms with E-state index in [1.165, 1.54) is 0 Å². The Morgan fingerprint density at radius 1 is 1.42 bits per heavy atom. The van der Waals surface area contributed by atoms with Crippen LogP contribution >= 0.6 is 12.6 Å². The van der Waals surface area contributed by atoms with E-state index in [1.54, 1.807) is 12.3 Å². The zero-order valence-corrected chi connectivity index (χ0v) is 8.12. The highest BCUT2D eigenvalue weighted by Crippen LogP contribution is 2.19. The molecule has 2 nitrogen and oxygen atoms in total. The normalized spacial score (nSPS) is 13.4. The maximum atomic E-state index is 9.60. The van der Waals surface area contributed by atoms with Crippen LogP contribution in [0.15, 0.2) is 23.2 Å². The van der Waals surface area contributed by atoms with Crippen LogP contribution in [0.25, 0.3) is 0 Å². The lowest BCUT2D eigenvalue weighted by Gasteiger charge is -2.13. The van der Waals surface area contributed by atoms with Crippen LogP contribution in [0.4, 0.5) is 0 Å². The van der Waals surface area contributed by atoms with Gasteiger partial charge in [0.1, 0.15) is 0 Å². The summed E-state index contributed by atoms with van der Waals surface area (Å²) < 4.78 is 0. The molecule has 0 spiro atoms. The first-order chi connectivity index (χ1) is 5.61. The number of aliphatic hydroxyl groups excluding tert-OH is 1. The molecular weight excluding hydrogens is 170 g/mol. The zero-order valence-electron chi connectivity index (χ0n) is 7.23. The van der Waals surface area contributed by atoms with Gasteiger partial charge in [-0.25, -0.2) is 0 Å². The second-order valence-electron chi connectivity index (χ2n) is 3.13. The number of nitrogens with zero attached hydrogens (tertiary/aromatic N) is 1. The fourth-order valence-electron chi connectivity index (χ4n) is 0.914. The highest BCUT2D eigenvalue weighted by molar-refractivity contribution is 7.80. The Morgan fingerprint density at radius 2 is 2.08 bits per heavy atom. The molecule has 0 aliphatic rings. The maximum Gasteiger partial charge on any atom is 0.0982 e. The fourth-order valence-corrected chi connectivity index (χ4v) is 1.05. The molecule has 1 N–H and O–H groups in total. The molecule has 0 amide bonds. The second kappa shape index (κ2) is 3.92. The Bertz CT molecular complexity index is 245. The predicted octanol–water partition coefficient (Wildman–Crippen LogP) is 2.06. The van der Waals surface area contributed by atoms with Crippen molar-refractivity contribution < 1.29 is 5.11 Å².